The molecule has 2 heteroatoms. The number of hydrogen-bond acceptors (Lipinski definition) is 2. The Bertz CT molecular complexity index is 160. The van der Waals surface area contributed by atoms with Crippen LogP contribution in [0.4, 0.5) is 0 Å². The topological polar surface area (TPSA) is 34.1 Å². The summed E-state index contributed by atoms with van der Waals surface area (Å²) < 4.78 is 0. The van der Waals surface area contributed by atoms with Gasteiger partial charge in [0.2, 0.25) is 0 Å². The minimum absolute atomic E-state index is 0.0769. The van der Waals surface area contributed by atoms with E-state index in [0.29, 0.717) is 12.8 Å². The molecule has 0 unspecified atom stereocenters. The number of carbonyl (C=O) groups excluding carboxylic acids is 2. The highest BCUT2D eigenvalue weighted by Gasteiger charge is 2.04. The number of allylic oxidation sites excluding steroid dienone is 2. The van der Waals surface area contributed by atoms with Crippen LogP contribution < -0.4 is 0 Å². The van der Waals surface area contributed by atoms with E-state index in [1.807, 2.05) is 0 Å². The molecule has 0 aromatic rings. The average Bonchev–Trinajstić information content (AvgIpc) is 1.90. The van der Waals surface area contributed by atoms with Crippen molar-refractivity contribution in [2.24, 2.45) is 0 Å². The Hall–Kier alpha value is -0.920. The van der Waals surface area contributed by atoms with Crippen molar-refractivity contribution >= 4 is 11.6 Å². The molecule has 0 fully saturated rings. The van der Waals surface area contributed by atoms with Gasteiger partial charge in [-0.15, -0.1) is 0 Å². The standard InChI is InChI=1S/C8H10O2/c9-7-3-1-2-4-8(10)6-5-7/h5-6H,1-4H2/b6-5-. The molecule has 0 atom stereocenters. The number of rotatable bonds is 0. The van der Waals surface area contributed by atoms with Crippen LogP contribution in [0.25, 0.3) is 0 Å². The first-order chi connectivity index (χ1) is 4.79. The molecule has 1 aliphatic rings. The summed E-state index contributed by atoms with van der Waals surface area (Å²) in [5, 5.41) is 0. The molecular formula is C8H10O2. The predicted molar refractivity (Wildman–Crippen MR) is 37.6 cm³/mol. The predicted octanol–water partition coefficient (Wildman–Crippen LogP) is 1.25. The van der Waals surface area contributed by atoms with Crippen LogP contribution >= 0.6 is 0 Å². The van der Waals surface area contributed by atoms with Crippen molar-refractivity contribution in [3.63, 3.8) is 0 Å². The van der Waals surface area contributed by atoms with Crippen LogP contribution in [0.1, 0.15) is 25.7 Å². The molecule has 0 bridgehead atoms. The minimum Gasteiger partial charge on any atom is -0.295 e. The summed E-state index contributed by atoms with van der Waals surface area (Å²) >= 11 is 0. The minimum atomic E-state index is 0.0769. The van der Waals surface area contributed by atoms with Crippen molar-refractivity contribution < 1.29 is 9.59 Å². The maximum atomic E-state index is 10.7. The molecule has 0 radical (unpaired) electrons. The lowest BCUT2D eigenvalue weighted by Crippen LogP contribution is -2.01. The number of hydrogen-bond donors (Lipinski definition) is 0. The van der Waals surface area contributed by atoms with Gasteiger partial charge in [0.1, 0.15) is 0 Å². The second kappa shape index (κ2) is 3.30. The van der Waals surface area contributed by atoms with Gasteiger partial charge in [0.15, 0.2) is 11.6 Å². The highest BCUT2D eigenvalue weighted by molar-refractivity contribution is 5.99. The van der Waals surface area contributed by atoms with Gasteiger partial charge in [-0.05, 0) is 25.0 Å². The summed E-state index contributed by atoms with van der Waals surface area (Å²) in [5.74, 6) is 0.154. The Morgan fingerprint density at radius 1 is 0.900 bits per heavy atom. The zero-order valence-electron chi connectivity index (χ0n) is 5.80. The maximum Gasteiger partial charge on any atom is 0.155 e. The molecule has 54 valence electrons. The highest BCUT2D eigenvalue weighted by atomic mass is 16.1. The molecule has 2 nitrogen and oxygen atoms in total. The van der Waals surface area contributed by atoms with Crippen LogP contribution in [-0.4, -0.2) is 11.6 Å². The van der Waals surface area contributed by atoms with Gasteiger partial charge >= 0.3 is 0 Å². The lowest BCUT2D eigenvalue weighted by Gasteiger charge is -1.99. The largest absolute Gasteiger partial charge is 0.295 e. The van der Waals surface area contributed by atoms with Crippen molar-refractivity contribution in [2.75, 3.05) is 0 Å². The summed E-state index contributed by atoms with van der Waals surface area (Å²) in [6.07, 6.45) is 5.69. The molecule has 0 aliphatic heterocycles. The zero-order valence-corrected chi connectivity index (χ0v) is 5.80. The quantitative estimate of drug-likeness (QED) is 0.505. The van der Waals surface area contributed by atoms with Crippen molar-refractivity contribution in [3.05, 3.63) is 12.2 Å². The smallest absolute Gasteiger partial charge is 0.155 e. The number of carbonyl (C=O) groups is 2. The lowest BCUT2D eigenvalue weighted by molar-refractivity contribution is -0.117. The van der Waals surface area contributed by atoms with Crippen LogP contribution in [0.5, 0.6) is 0 Å². The summed E-state index contributed by atoms with van der Waals surface area (Å²) in [6, 6.07) is 0. The SMILES string of the molecule is O=C1/C=C\C(=O)CCCC1. The van der Waals surface area contributed by atoms with Crippen LogP contribution in [0.2, 0.25) is 0 Å². The Labute approximate surface area is 59.9 Å². The monoisotopic (exact) mass is 138 g/mol. The molecule has 0 saturated heterocycles. The fourth-order valence-corrected chi connectivity index (χ4v) is 0.951. The summed E-state index contributed by atoms with van der Waals surface area (Å²) in [4.78, 5) is 21.5. The summed E-state index contributed by atoms with van der Waals surface area (Å²) in [6.45, 7) is 0. The van der Waals surface area contributed by atoms with Gasteiger partial charge in [0, 0.05) is 12.8 Å². The van der Waals surface area contributed by atoms with Gasteiger partial charge in [-0.2, -0.15) is 0 Å². The first kappa shape index (κ1) is 7.19. The van der Waals surface area contributed by atoms with E-state index in [0.717, 1.165) is 12.8 Å². The van der Waals surface area contributed by atoms with Gasteiger partial charge in [0.05, 0.1) is 0 Å². The van der Waals surface area contributed by atoms with Gasteiger partial charge in [0.25, 0.3) is 0 Å². The zero-order chi connectivity index (χ0) is 7.40. The third-order valence-corrected chi connectivity index (χ3v) is 1.55. The van der Waals surface area contributed by atoms with E-state index >= 15 is 0 Å². The van der Waals surface area contributed by atoms with E-state index in [9.17, 15) is 9.59 Å². The Balaban J connectivity index is 2.58. The van der Waals surface area contributed by atoms with Crippen molar-refractivity contribution in [3.8, 4) is 0 Å². The second-order valence-corrected chi connectivity index (χ2v) is 2.47. The van der Waals surface area contributed by atoms with Crippen LogP contribution in [-0.2, 0) is 9.59 Å². The van der Waals surface area contributed by atoms with Gasteiger partial charge < -0.3 is 0 Å². The Kier molecular flexibility index (Phi) is 2.37. The molecule has 0 aromatic heterocycles. The van der Waals surface area contributed by atoms with Crippen molar-refractivity contribution in [1.82, 2.24) is 0 Å². The first-order valence-corrected chi connectivity index (χ1v) is 3.53. The first-order valence-electron chi connectivity index (χ1n) is 3.53. The molecule has 0 spiro atoms. The molecular weight excluding hydrogens is 128 g/mol. The van der Waals surface area contributed by atoms with E-state index in [2.05, 4.69) is 0 Å². The van der Waals surface area contributed by atoms with Crippen LogP contribution in [0.15, 0.2) is 12.2 Å². The lowest BCUT2D eigenvalue weighted by atomic mass is 10.0. The Morgan fingerprint density at radius 3 is 1.70 bits per heavy atom. The van der Waals surface area contributed by atoms with E-state index in [1.165, 1.54) is 12.2 Å². The molecule has 1 aliphatic carbocycles. The molecule has 0 amide bonds. The van der Waals surface area contributed by atoms with E-state index in [-0.39, 0.29) is 11.6 Å². The van der Waals surface area contributed by atoms with Gasteiger partial charge in [-0.25, -0.2) is 0 Å². The van der Waals surface area contributed by atoms with Crippen LogP contribution in [0, 0.1) is 0 Å². The third-order valence-electron chi connectivity index (χ3n) is 1.55. The summed E-state index contributed by atoms with van der Waals surface area (Å²) in [5.41, 5.74) is 0. The van der Waals surface area contributed by atoms with E-state index in [1.54, 1.807) is 0 Å². The fraction of sp³-hybridized carbons (Fsp3) is 0.500. The summed E-state index contributed by atoms with van der Waals surface area (Å²) in [7, 11) is 0. The molecule has 1 rings (SSSR count). The number of ketones is 2. The van der Waals surface area contributed by atoms with Crippen LogP contribution in [0.3, 0.4) is 0 Å². The molecule has 10 heavy (non-hydrogen) atoms. The van der Waals surface area contributed by atoms with Crippen molar-refractivity contribution in [2.45, 2.75) is 25.7 Å². The van der Waals surface area contributed by atoms with Gasteiger partial charge in [-0.1, -0.05) is 0 Å². The molecule has 0 heterocycles. The average molecular weight is 138 g/mol. The maximum absolute atomic E-state index is 10.7. The van der Waals surface area contributed by atoms with Crippen molar-refractivity contribution in [1.29, 1.82) is 0 Å². The highest BCUT2D eigenvalue weighted by Crippen LogP contribution is 2.05. The second-order valence-electron chi connectivity index (χ2n) is 2.47. The third kappa shape index (κ3) is 2.13. The fourth-order valence-electron chi connectivity index (χ4n) is 0.951. The molecule has 0 saturated carbocycles. The molecule has 0 aromatic carbocycles. The van der Waals surface area contributed by atoms with E-state index in [4.69, 9.17) is 0 Å². The van der Waals surface area contributed by atoms with Gasteiger partial charge in [-0.3, -0.25) is 9.59 Å². The normalized spacial score (nSPS) is 23.6. The van der Waals surface area contributed by atoms with E-state index < -0.39 is 0 Å². The molecule has 0 N–H and O–H groups in total. The Morgan fingerprint density at radius 2 is 1.30 bits per heavy atom.